The van der Waals surface area contributed by atoms with Crippen molar-refractivity contribution in [3.8, 4) is 12.3 Å². The van der Waals surface area contributed by atoms with E-state index in [0.29, 0.717) is 5.75 Å². The maximum atomic E-state index is 12.3. The lowest BCUT2D eigenvalue weighted by Gasteiger charge is -2.36. The number of hydrogen-bond donors (Lipinski definition) is 3. The monoisotopic (exact) mass is 430 g/mol. The van der Waals surface area contributed by atoms with Crippen molar-refractivity contribution in [3.63, 3.8) is 0 Å². The van der Waals surface area contributed by atoms with Gasteiger partial charge in [0.2, 0.25) is 5.91 Å². The minimum atomic E-state index is -0.707. The smallest absolute Gasteiger partial charge is 0.238 e. The predicted octanol–water partition coefficient (Wildman–Crippen LogP) is 3.28. The van der Waals surface area contributed by atoms with Gasteiger partial charge >= 0.3 is 0 Å². The molecule has 0 saturated carbocycles. The van der Waals surface area contributed by atoms with E-state index in [1.54, 1.807) is 11.8 Å². The second kappa shape index (κ2) is 10.8. The number of terminal acetylenes is 1. The summed E-state index contributed by atoms with van der Waals surface area (Å²) in [6.07, 6.45) is 5.24. The zero-order valence-corrected chi connectivity index (χ0v) is 18.0. The largest absolute Gasteiger partial charge is 0.392 e. The van der Waals surface area contributed by atoms with Gasteiger partial charge in [0.05, 0.1) is 23.9 Å². The number of rotatable bonds is 9. The third-order valence-corrected chi connectivity index (χ3v) is 6.75. The molecule has 0 spiro atoms. The van der Waals surface area contributed by atoms with E-state index in [0.717, 1.165) is 22.3 Å². The summed E-state index contributed by atoms with van der Waals surface area (Å²) >= 11 is 1.61. The molecule has 0 fully saturated rings. The first kappa shape index (κ1) is 22.6. The molecule has 0 radical (unpaired) electrons. The van der Waals surface area contributed by atoms with Gasteiger partial charge in [-0.3, -0.25) is 4.79 Å². The predicted molar refractivity (Wildman–Crippen MR) is 127 cm³/mol. The molecular weight excluding hydrogens is 404 g/mol. The molecule has 0 saturated heterocycles. The molecule has 0 aromatic heterocycles. The van der Waals surface area contributed by atoms with E-state index in [1.807, 2.05) is 60.7 Å². The average Bonchev–Trinajstić information content (AvgIpc) is 2.84. The van der Waals surface area contributed by atoms with Crippen LogP contribution in [-0.2, 0) is 16.1 Å². The number of carbonyl (C=O) groups excluding carboxylic acids is 1. The topological polar surface area (TPSA) is 75.4 Å². The molecule has 0 aliphatic rings. The highest BCUT2D eigenvalue weighted by atomic mass is 32.2. The lowest BCUT2D eigenvalue weighted by molar-refractivity contribution is -0.121. The van der Waals surface area contributed by atoms with Gasteiger partial charge in [0.25, 0.3) is 0 Å². The molecule has 158 valence electrons. The molecule has 0 bridgehead atoms. The third kappa shape index (κ3) is 5.18. The number of amides is 1. The van der Waals surface area contributed by atoms with E-state index in [-0.39, 0.29) is 19.1 Å². The Balaban J connectivity index is 2.09. The summed E-state index contributed by atoms with van der Waals surface area (Å²) in [6, 6.07) is 27.6. The first-order valence-corrected chi connectivity index (χ1v) is 11.0. The highest BCUT2D eigenvalue weighted by Crippen LogP contribution is 2.48. The Labute approximate surface area is 187 Å². The van der Waals surface area contributed by atoms with Crippen molar-refractivity contribution in [1.29, 1.82) is 0 Å². The van der Waals surface area contributed by atoms with Gasteiger partial charge in [0.1, 0.15) is 0 Å². The number of hydrogen-bond acceptors (Lipinski definition) is 4. The van der Waals surface area contributed by atoms with Crippen molar-refractivity contribution in [2.24, 2.45) is 5.73 Å². The van der Waals surface area contributed by atoms with Crippen LogP contribution in [0.5, 0.6) is 0 Å². The SMILES string of the molecule is C#CCNC(=O)[C@@H](N)CSC(c1ccccc1)(c1ccccc1)c1ccc(CO)cc1. The van der Waals surface area contributed by atoms with Crippen LogP contribution in [0.1, 0.15) is 22.3 Å². The van der Waals surface area contributed by atoms with Gasteiger partial charge in [-0.1, -0.05) is 90.8 Å². The second-order valence-electron chi connectivity index (χ2n) is 7.11. The summed E-state index contributed by atoms with van der Waals surface area (Å²) in [6.45, 7) is 0.139. The number of carbonyl (C=O) groups is 1. The minimum Gasteiger partial charge on any atom is -0.392 e. The van der Waals surface area contributed by atoms with E-state index in [1.165, 1.54) is 0 Å². The van der Waals surface area contributed by atoms with Crippen molar-refractivity contribution >= 4 is 17.7 Å². The van der Waals surface area contributed by atoms with Gasteiger partial charge < -0.3 is 16.2 Å². The van der Waals surface area contributed by atoms with E-state index < -0.39 is 10.8 Å². The third-order valence-electron chi connectivity index (χ3n) is 5.08. The van der Waals surface area contributed by atoms with E-state index in [9.17, 15) is 9.90 Å². The lowest BCUT2D eigenvalue weighted by Crippen LogP contribution is -2.43. The van der Waals surface area contributed by atoms with Crippen molar-refractivity contribution in [1.82, 2.24) is 5.32 Å². The van der Waals surface area contributed by atoms with E-state index in [2.05, 4.69) is 35.5 Å². The minimum absolute atomic E-state index is 0.0165. The summed E-state index contributed by atoms with van der Waals surface area (Å²) in [5, 5.41) is 12.2. The average molecular weight is 431 g/mol. The van der Waals surface area contributed by atoms with Crippen LogP contribution >= 0.6 is 11.8 Å². The molecule has 0 aliphatic heterocycles. The second-order valence-corrected chi connectivity index (χ2v) is 8.34. The van der Waals surface area contributed by atoms with Gasteiger partial charge in [0, 0.05) is 5.75 Å². The molecule has 4 N–H and O–H groups in total. The Bertz CT molecular complexity index is 975. The fraction of sp³-hybridized carbons (Fsp3) is 0.192. The van der Waals surface area contributed by atoms with Gasteiger partial charge in [-0.15, -0.1) is 18.2 Å². The number of thioether (sulfide) groups is 1. The van der Waals surface area contributed by atoms with Crippen molar-refractivity contribution in [2.75, 3.05) is 12.3 Å². The fourth-order valence-electron chi connectivity index (χ4n) is 3.50. The van der Waals surface area contributed by atoms with E-state index in [4.69, 9.17) is 12.2 Å². The fourth-order valence-corrected chi connectivity index (χ4v) is 4.99. The number of nitrogens with two attached hydrogens (primary N) is 1. The summed E-state index contributed by atoms with van der Waals surface area (Å²) in [4.78, 5) is 12.3. The summed E-state index contributed by atoms with van der Waals surface area (Å²) in [5.74, 6) is 2.52. The Morgan fingerprint density at radius 2 is 1.48 bits per heavy atom. The van der Waals surface area contributed by atoms with Crippen LogP contribution in [0.4, 0.5) is 0 Å². The molecule has 1 amide bonds. The van der Waals surface area contributed by atoms with Gasteiger partial charge in [-0.2, -0.15) is 0 Å². The van der Waals surface area contributed by atoms with Crippen molar-refractivity contribution in [3.05, 3.63) is 107 Å². The Morgan fingerprint density at radius 3 is 1.97 bits per heavy atom. The highest BCUT2D eigenvalue weighted by Gasteiger charge is 2.37. The highest BCUT2D eigenvalue weighted by molar-refractivity contribution is 8.00. The Hall–Kier alpha value is -3.04. The zero-order valence-electron chi connectivity index (χ0n) is 17.2. The molecule has 1 atom stereocenters. The molecule has 0 unspecified atom stereocenters. The zero-order chi connectivity index (χ0) is 22.1. The molecule has 31 heavy (non-hydrogen) atoms. The summed E-state index contributed by atoms with van der Waals surface area (Å²) in [5.41, 5.74) is 10.3. The molecule has 4 nitrogen and oxygen atoms in total. The summed E-state index contributed by atoms with van der Waals surface area (Å²) < 4.78 is -0.583. The molecule has 3 rings (SSSR count). The van der Waals surface area contributed by atoms with Crippen LogP contribution in [0.25, 0.3) is 0 Å². The number of aliphatic hydroxyl groups excluding tert-OH is 1. The molecule has 3 aromatic rings. The van der Waals surface area contributed by atoms with Gasteiger partial charge in [0.15, 0.2) is 0 Å². The number of aliphatic hydroxyl groups is 1. The standard InChI is InChI=1S/C26H26N2O2S/c1-2-17-28-25(30)24(27)19-31-26(21-9-5-3-6-10-21,22-11-7-4-8-12-22)23-15-13-20(18-29)14-16-23/h1,3-16,24,29H,17-19,27H2,(H,28,30)/t24-/m0/s1. The van der Waals surface area contributed by atoms with Crippen LogP contribution in [0.3, 0.4) is 0 Å². The molecular formula is C26H26N2O2S. The first-order valence-electron chi connectivity index (χ1n) is 10.0. The quantitative estimate of drug-likeness (QED) is 0.360. The Morgan fingerprint density at radius 1 is 0.968 bits per heavy atom. The van der Waals surface area contributed by atoms with Crippen LogP contribution < -0.4 is 11.1 Å². The lowest BCUT2D eigenvalue weighted by atomic mass is 9.83. The maximum Gasteiger partial charge on any atom is 0.238 e. The number of benzene rings is 3. The molecule has 5 heteroatoms. The van der Waals surface area contributed by atoms with Gasteiger partial charge in [-0.05, 0) is 22.3 Å². The summed E-state index contributed by atoms with van der Waals surface area (Å²) in [7, 11) is 0. The van der Waals surface area contributed by atoms with Crippen LogP contribution in [0, 0.1) is 12.3 Å². The van der Waals surface area contributed by atoms with Crippen LogP contribution in [-0.4, -0.2) is 29.4 Å². The number of nitrogens with one attached hydrogen (secondary N) is 1. The van der Waals surface area contributed by atoms with Crippen LogP contribution in [0.15, 0.2) is 84.9 Å². The normalized spacial score (nSPS) is 12.0. The first-order chi connectivity index (χ1) is 15.1. The van der Waals surface area contributed by atoms with Gasteiger partial charge in [-0.25, -0.2) is 0 Å². The molecule has 3 aromatic carbocycles. The van der Waals surface area contributed by atoms with E-state index >= 15 is 0 Å². The van der Waals surface area contributed by atoms with Crippen molar-refractivity contribution in [2.45, 2.75) is 17.4 Å². The van der Waals surface area contributed by atoms with Crippen molar-refractivity contribution < 1.29 is 9.90 Å². The molecule has 0 heterocycles. The van der Waals surface area contributed by atoms with Crippen LogP contribution in [0.2, 0.25) is 0 Å². The molecule has 0 aliphatic carbocycles. The Kier molecular flexibility index (Phi) is 7.91. The maximum absolute atomic E-state index is 12.3.